The molecule has 2 nitrogen and oxygen atoms in total. The second kappa shape index (κ2) is 5.94. The van der Waals surface area contributed by atoms with E-state index in [1.165, 1.54) is 0 Å². The topological polar surface area (TPSA) is 34.1 Å². The quantitative estimate of drug-likeness (QED) is 0.739. The van der Waals surface area contributed by atoms with Gasteiger partial charge in [-0.2, -0.15) is 0 Å². The van der Waals surface area contributed by atoms with E-state index in [4.69, 9.17) is 0 Å². The Labute approximate surface area is 99.5 Å². The number of Topliss-reactive ketones (excluding diaryl/α,β-unsaturated/α-hetero) is 1. The van der Waals surface area contributed by atoms with E-state index in [2.05, 4.69) is 0 Å². The molecule has 3 heteroatoms. The molecule has 0 amide bonds. The zero-order valence-electron chi connectivity index (χ0n) is 9.97. The average Bonchev–Trinajstić information content (AvgIpc) is 2.30. The molecule has 0 radical (unpaired) electrons. The molecular weight excluding hydrogens is 220 g/mol. The summed E-state index contributed by atoms with van der Waals surface area (Å²) < 4.78 is 12.0. The Morgan fingerprint density at radius 3 is 2.25 bits per heavy atom. The van der Waals surface area contributed by atoms with Gasteiger partial charge in [0.05, 0.1) is 5.25 Å². The molecule has 0 spiro atoms. The van der Waals surface area contributed by atoms with Crippen molar-refractivity contribution in [2.75, 3.05) is 0 Å². The molecule has 2 unspecified atom stereocenters. The van der Waals surface area contributed by atoms with Crippen molar-refractivity contribution < 1.29 is 9.00 Å². The van der Waals surface area contributed by atoms with Gasteiger partial charge in [-0.1, -0.05) is 51.1 Å². The van der Waals surface area contributed by atoms with Crippen LogP contribution in [-0.2, 0) is 10.8 Å². The van der Waals surface area contributed by atoms with Crippen LogP contribution in [0.3, 0.4) is 0 Å². The molecule has 2 atom stereocenters. The van der Waals surface area contributed by atoms with E-state index in [-0.39, 0.29) is 16.3 Å². The van der Waals surface area contributed by atoms with E-state index in [0.29, 0.717) is 12.0 Å². The van der Waals surface area contributed by atoms with E-state index in [1.54, 1.807) is 12.1 Å². The molecule has 1 aromatic rings. The standard InChI is InChI=1S/C13H18O2S/c1-4-12(16(15)10(2)3)13(14)11-8-6-5-7-9-11/h5-10,12H,4H2,1-3H3. The molecule has 0 aliphatic heterocycles. The molecule has 0 saturated carbocycles. The molecule has 0 aromatic heterocycles. The lowest BCUT2D eigenvalue weighted by atomic mass is 10.1. The van der Waals surface area contributed by atoms with Crippen LogP contribution in [0.2, 0.25) is 0 Å². The number of hydrogen-bond donors (Lipinski definition) is 0. The van der Waals surface area contributed by atoms with Gasteiger partial charge in [0.15, 0.2) is 5.78 Å². The maximum atomic E-state index is 12.1. The van der Waals surface area contributed by atoms with E-state index in [1.807, 2.05) is 39.0 Å². The van der Waals surface area contributed by atoms with Crippen molar-refractivity contribution in [3.05, 3.63) is 35.9 Å². The van der Waals surface area contributed by atoms with Gasteiger partial charge in [0, 0.05) is 21.6 Å². The first-order chi connectivity index (χ1) is 7.57. The van der Waals surface area contributed by atoms with Gasteiger partial charge in [-0.25, -0.2) is 0 Å². The van der Waals surface area contributed by atoms with E-state index >= 15 is 0 Å². The second-order valence-corrected chi connectivity index (χ2v) is 6.17. The van der Waals surface area contributed by atoms with Gasteiger partial charge >= 0.3 is 0 Å². The minimum atomic E-state index is -1.09. The van der Waals surface area contributed by atoms with E-state index < -0.39 is 10.8 Å². The minimum Gasteiger partial charge on any atom is -0.293 e. The molecule has 1 aromatic carbocycles. The Hall–Kier alpha value is -0.960. The molecule has 88 valence electrons. The van der Waals surface area contributed by atoms with Gasteiger partial charge in [0.1, 0.15) is 0 Å². The summed E-state index contributed by atoms with van der Waals surface area (Å²) in [5, 5.41) is -0.347. The first-order valence-electron chi connectivity index (χ1n) is 5.56. The third-order valence-electron chi connectivity index (χ3n) is 2.47. The highest BCUT2D eigenvalue weighted by Crippen LogP contribution is 2.14. The predicted octanol–water partition coefficient (Wildman–Crippen LogP) is 2.81. The average molecular weight is 238 g/mol. The lowest BCUT2D eigenvalue weighted by Crippen LogP contribution is -2.29. The van der Waals surface area contributed by atoms with Crippen LogP contribution in [0, 0.1) is 0 Å². The van der Waals surface area contributed by atoms with Crippen LogP contribution in [0.25, 0.3) is 0 Å². The Bertz CT molecular complexity index is 371. The third-order valence-corrected chi connectivity index (χ3v) is 4.50. The Morgan fingerprint density at radius 1 is 1.25 bits per heavy atom. The number of carbonyl (C=O) groups excluding carboxylic acids is 1. The zero-order valence-corrected chi connectivity index (χ0v) is 10.8. The van der Waals surface area contributed by atoms with E-state index in [9.17, 15) is 9.00 Å². The lowest BCUT2D eigenvalue weighted by Gasteiger charge is -2.15. The fourth-order valence-corrected chi connectivity index (χ4v) is 2.90. The number of hydrogen-bond acceptors (Lipinski definition) is 2. The van der Waals surface area contributed by atoms with Gasteiger partial charge in [-0.05, 0) is 6.42 Å². The molecule has 1 rings (SSSR count). The van der Waals surface area contributed by atoms with Crippen molar-refractivity contribution >= 4 is 16.6 Å². The number of benzene rings is 1. The van der Waals surface area contributed by atoms with E-state index in [0.717, 1.165) is 0 Å². The first kappa shape index (κ1) is 13.1. The molecule has 0 fully saturated rings. The molecular formula is C13H18O2S. The van der Waals surface area contributed by atoms with Crippen molar-refractivity contribution in [2.24, 2.45) is 0 Å². The Balaban J connectivity index is 2.91. The van der Waals surface area contributed by atoms with Crippen LogP contribution < -0.4 is 0 Å². The van der Waals surface area contributed by atoms with Crippen molar-refractivity contribution in [1.82, 2.24) is 0 Å². The SMILES string of the molecule is CCC(C(=O)c1ccccc1)S(=O)C(C)C. The predicted molar refractivity (Wildman–Crippen MR) is 68.1 cm³/mol. The summed E-state index contributed by atoms with van der Waals surface area (Å²) in [5.41, 5.74) is 0.656. The molecule has 0 N–H and O–H groups in total. The summed E-state index contributed by atoms with van der Waals surface area (Å²) >= 11 is 0. The zero-order chi connectivity index (χ0) is 12.1. The van der Waals surface area contributed by atoms with Crippen LogP contribution in [0.4, 0.5) is 0 Å². The summed E-state index contributed by atoms with van der Waals surface area (Å²) in [6.45, 7) is 5.68. The van der Waals surface area contributed by atoms with Crippen LogP contribution in [-0.4, -0.2) is 20.5 Å². The van der Waals surface area contributed by atoms with Gasteiger partial charge in [-0.15, -0.1) is 0 Å². The highest BCUT2D eigenvalue weighted by atomic mass is 32.2. The summed E-state index contributed by atoms with van der Waals surface area (Å²) in [6, 6.07) is 9.10. The monoisotopic (exact) mass is 238 g/mol. The number of ketones is 1. The molecule has 0 heterocycles. The Morgan fingerprint density at radius 2 is 1.81 bits per heavy atom. The van der Waals surface area contributed by atoms with Crippen molar-refractivity contribution in [1.29, 1.82) is 0 Å². The van der Waals surface area contributed by atoms with Crippen LogP contribution in [0.15, 0.2) is 30.3 Å². The van der Waals surface area contributed by atoms with Crippen LogP contribution in [0.5, 0.6) is 0 Å². The highest BCUT2D eigenvalue weighted by molar-refractivity contribution is 7.87. The summed E-state index contributed by atoms with van der Waals surface area (Å²) in [6.07, 6.45) is 0.624. The fourth-order valence-electron chi connectivity index (χ4n) is 1.57. The minimum absolute atomic E-state index is 0.00451. The highest BCUT2D eigenvalue weighted by Gasteiger charge is 2.25. The van der Waals surface area contributed by atoms with Crippen LogP contribution >= 0.6 is 0 Å². The normalized spacial score (nSPS) is 14.8. The van der Waals surface area contributed by atoms with Crippen LogP contribution in [0.1, 0.15) is 37.6 Å². The fraction of sp³-hybridized carbons (Fsp3) is 0.462. The summed E-state index contributed by atoms with van der Waals surface area (Å²) in [4.78, 5) is 12.1. The van der Waals surface area contributed by atoms with Gasteiger partial charge in [-0.3, -0.25) is 9.00 Å². The summed E-state index contributed by atoms with van der Waals surface area (Å²) in [7, 11) is -1.09. The van der Waals surface area contributed by atoms with Crippen molar-refractivity contribution in [2.45, 2.75) is 37.7 Å². The molecule has 0 bridgehead atoms. The Kier molecular flexibility index (Phi) is 4.87. The smallest absolute Gasteiger partial charge is 0.178 e. The van der Waals surface area contributed by atoms with Crippen molar-refractivity contribution in [3.63, 3.8) is 0 Å². The number of rotatable bonds is 5. The lowest BCUT2D eigenvalue weighted by molar-refractivity contribution is 0.0986. The first-order valence-corrected chi connectivity index (χ1v) is 6.84. The largest absolute Gasteiger partial charge is 0.293 e. The van der Waals surface area contributed by atoms with Gasteiger partial charge in [0.25, 0.3) is 0 Å². The van der Waals surface area contributed by atoms with Gasteiger partial charge in [0.2, 0.25) is 0 Å². The van der Waals surface area contributed by atoms with Gasteiger partial charge < -0.3 is 0 Å². The summed E-state index contributed by atoms with van der Waals surface area (Å²) in [5.74, 6) is -0.00451. The number of carbonyl (C=O) groups is 1. The molecule has 0 saturated heterocycles. The third kappa shape index (κ3) is 3.01. The van der Waals surface area contributed by atoms with Crippen molar-refractivity contribution in [3.8, 4) is 0 Å². The molecule has 16 heavy (non-hydrogen) atoms. The maximum Gasteiger partial charge on any atom is 0.178 e. The second-order valence-electron chi connectivity index (χ2n) is 4.00. The molecule has 0 aliphatic carbocycles. The maximum absolute atomic E-state index is 12.1. The molecule has 0 aliphatic rings.